The van der Waals surface area contributed by atoms with Crippen molar-refractivity contribution in [2.45, 2.75) is 45.1 Å². The summed E-state index contributed by atoms with van der Waals surface area (Å²) in [7, 11) is 1.62. The molecule has 32 heavy (non-hydrogen) atoms. The number of aliphatic hydroxyl groups excluding tert-OH is 1. The molecule has 1 N–H and O–H groups in total. The second-order valence-corrected chi connectivity index (χ2v) is 10.9. The summed E-state index contributed by atoms with van der Waals surface area (Å²) in [5.74, 6) is -2.12. The van der Waals surface area contributed by atoms with Crippen molar-refractivity contribution in [2.75, 3.05) is 33.1 Å². The largest absolute Gasteiger partial charge is 0.496 e. The Bertz CT molecular complexity index is 848. The number of carbonyl (C=O) groups excluding carboxylic acids is 3. The molecular formula is C23H34FNO6S. The Labute approximate surface area is 191 Å². The minimum atomic E-state index is -1.49. The van der Waals surface area contributed by atoms with Gasteiger partial charge in [-0.1, -0.05) is 6.92 Å². The Morgan fingerprint density at radius 3 is 2.50 bits per heavy atom. The number of hydrogen-bond donors (Lipinski definition) is 2. The molecule has 0 bridgehead atoms. The summed E-state index contributed by atoms with van der Waals surface area (Å²) in [6.45, 7) is 6.82. The number of carbonyl (C=O) groups is 3. The van der Waals surface area contributed by atoms with Crippen LogP contribution in [-0.2, 0) is 19.1 Å². The van der Waals surface area contributed by atoms with E-state index in [1.54, 1.807) is 25.8 Å². The third kappa shape index (κ3) is 5.50. The van der Waals surface area contributed by atoms with Gasteiger partial charge in [0.1, 0.15) is 11.6 Å². The van der Waals surface area contributed by atoms with Crippen LogP contribution in [0.5, 0.6) is 5.75 Å². The zero-order valence-corrected chi connectivity index (χ0v) is 20.4. The molecule has 1 aromatic rings. The van der Waals surface area contributed by atoms with Crippen molar-refractivity contribution in [3.8, 4) is 5.75 Å². The summed E-state index contributed by atoms with van der Waals surface area (Å²) in [6.07, 6.45) is -0.735. The second-order valence-electron chi connectivity index (χ2n) is 8.35. The lowest BCUT2D eigenvalue weighted by Crippen LogP contribution is -2.42. The lowest BCUT2D eigenvalue weighted by Gasteiger charge is -2.28. The van der Waals surface area contributed by atoms with Gasteiger partial charge in [0.05, 0.1) is 38.3 Å². The van der Waals surface area contributed by atoms with Gasteiger partial charge in [-0.05, 0) is 39.0 Å². The molecule has 1 aromatic carbocycles. The number of ketones is 1. The van der Waals surface area contributed by atoms with Crippen LogP contribution in [-0.4, -0.2) is 71.2 Å². The molecule has 0 aromatic heterocycles. The van der Waals surface area contributed by atoms with Crippen molar-refractivity contribution in [2.24, 2.45) is 11.8 Å². The number of thiol groups is 1. The highest BCUT2D eigenvalue weighted by Crippen LogP contribution is 2.49. The number of Topliss-reactive ketones (excluding diaryl/α,β-unsaturated/α-hetero) is 1. The van der Waals surface area contributed by atoms with Crippen LogP contribution in [0.3, 0.4) is 0 Å². The van der Waals surface area contributed by atoms with Gasteiger partial charge in [-0.3, -0.25) is 14.4 Å². The molecule has 3 unspecified atom stereocenters. The van der Waals surface area contributed by atoms with E-state index in [1.165, 1.54) is 25.3 Å². The molecule has 0 radical (unpaired) electrons. The quantitative estimate of drug-likeness (QED) is 0.402. The van der Waals surface area contributed by atoms with Crippen LogP contribution in [0, 0.1) is 17.7 Å². The molecule has 0 aliphatic carbocycles. The van der Waals surface area contributed by atoms with Crippen molar-refractivity contribution >= 4 is 27.7 Å². The minimum absolute atomic E-state index is 0.0124. The van der Waals surface area contributed by atoms with Crippen LogP contribution in [0.4, 0.5) is 4.39 Å². The van der Waals surface area contributed by atoms with Crippen LogP contribution < -0.4 is 4.74 Å². The molecule has 0 spiro atoms. The Kier molecular flexibility index (Phi) is 9.24. The molecular weight excluding hydrogens is 437 g/mol. The number of aliphatic hydroxyl groups is 1. The topological polar surface area (TPSA) is 93.1 Å². The van der Waals surface area contributed by atoms with Gasteiger partial charge >= 0.3 is 0 Å². The second kappa shape index (κ2) is 11.2. The zero-order chi connectivity index (χ0) is 24.2. The van der Waals surface area contributed by atoms with Gasteiger partial charge in [0, 0.05) is 29.7 Å². The highest BCUT2D eigenvalue weighted by molar-refractivity contribution is 8.31. The molecule has 0 saturated carbocycles. The van der Waals surface area contributed by atoms with Gasteiger partial charge in [0.15, 0.2) is 10.9 Å². The van der Waals surface area contributed by atoms with E-state index in [9.17, 15) is 23.9 Å². The predicted octanol–water partition coefficient (Wildman–Crippen LogP) is 2.50. The smallest absolute Gasteiger partial charge is 0.226 e. The van der Waals surface area contributed by atoms with E-state index in [4.69, 9.17) is 9.47 Å². The maximum absolute atomic E-state index is 14.0. The fourth-order valence-electron chi connectivity index (χ4n) is 3.90. The molecule has 1 aliphatic heterocycles. The molecule has 7 nitrogen and oxygen atoms in total. The first-order valence-corrected chi connectivity index (χ1v) is 12.3. The molecule has 1 amide bonds. The van der Waals surface area contributed by atoms with E-state index in [-0.39, 0.29) is 41.8 Å². The average molecular weight is 472 g/mol. The van der Waals surface area contributed by atoms with Gasteiger partial charge in [-0.2, -0.15) is 10.9 Å². The number of ether oxygens (including phenoxy) is 2. The van der Waals surface area contributed by atoms with Gasteiger partial charge < -0.3 is 19.5 Å². The number of methoxy groups -OCH3 is 1. The van der Waals surface area contributed by atoms with E-state index in [1.807, 2.05) is 13.8 Å². The Morgan fingerprint density at radius 1 is 1.28 bits per heavy atom. The predicted molar refractivity (Wildman–Crippen MR) is 123 cm³/mol. The van der Waals surface area contributed by atoms with Crippen molar-refractivity contribution in [1.29, 1.82) is 0 Å². The third-order valence-corrected chi connectivity index (χ3v) is 8.82. The lowest BCUT2D eigenvalue weighted by atomic mass is 9.89. The van der Waals surface area contributed by atoms with Gasteiger partial charge in [0.25, 0.3) is 0 Å². The van der Waals surface area contributed by atoms with E-state index < -0.39 is 39.9 Å². The first-order valence-electron chi connectivity index (χ1n) is 10.7. The fraction of sp³-hybridized carbons (Fsp3) is 0.609. The number of amides is 1. The van der Waals surface area contributed by atoms with Crippen LogP contribution in [0.25, 0.3) is 0 Å². The Balaban J connectivity index is 2.33. The number of benzene rings is 1. The molecule has 1 aliphatic rings. The fourth-order valence-corrected chi connectivity index (χ4v) is 6.62. The molecule has 2 rings (SSSR count). The lowest BCUT2D eigenvalue weighted by molar-refractivity contribution is -0.142. The maximum atomic E-state index is 14.0. The first kappa shape index (κ1) is 26.3. The van der Waals surface area contributed by atoms with E-state index in [0.29, 0.717) is 11.3 Å². The number of nitrogens with zero attached hydrogens (tertiary/aromatic N) is 1. The number of halogens is 1. The average Bonchev–Trinajstić information content (AvgIpc) is 2.97. The zero-order valence-electron chi connectivity index (χ0n) is 19.5. The van der Waals surface area contributed by atoms with Gasteiger partial charge in [-0.25, -0.2) is 4.39 Å². The summed E-state index contributed by atoms with van der Waals surface area (Å²) in [5, 5.41) is 8.46. The molecule has 1 heterocycles. The Hall–Kier alpha value is -1.97. The van der Waals surface area contributed by atoms with Crippen molar-refractivity contribution < 1.29 is 33.4 Å². The highest BCUT2D eigenvalue weighted by Gasteiger charge is 2.50. The summed E-state index contributed by atoms with van der Waals surface area (Å²) >= 11 is 0. The molecule has 180 valence electrons. The normalized spacial score (nSPS) is 24.0. The molecule has 9 heteroatoms. The van der Waals surface area contributed by atoms with E-state index >= 15 is 0 Å². The van der Waals surface area contributed by atoms with Gasteiger partial charge in [-0.15, -0.1) is 0 Å². The summed E-state index contributed by atoms with van der Waals surface area (Å²) in [6, 6.07) is 3.97. The summed E-state index contributed by atoms with van der Waals surface area (Å²) in [4.78, 5) is 40.7. The van der Waals surface area contributed by atoms with Gasteiger partial charge in [0.2, 0.25) is 5.91 Å². The van der Waals surface area contributed by atoms with Crippen molar-refractivity contribution in [3.63, 3.8) is 0 Å². The van der Waals surface area contributed by atoms with Crippen LogP contribution in [0.15, 0.2) is 18.2 Å². The Morgan fingerprint density at radius 2 is 1.94 bits per heavy atom. The van der Waals surface area contributed by atoms with E-state index in [2.05, 4.69) is 0 Å². The first-order chi connectivity index (χ1) is 15.0. The maximum Gasteiger partial charge on any atom is 0.226 e. The van der Waals surface area contributed by atoms with Crippen LogP contribution in [0.2, 0.25) is 0 Å². The van der Waals surface area contributed by atoms with Crippen molar-refractivity contribution in [1.82, 2.24) is 4.90 Å². The number of rotatable bonds is 10. The van der Waals surface area contributed by atoms with Crippen molar-refractivity contribution in [3.05, 3.63) is 29.6 Å². The highest BCUT2D eigenvalue weighted by atomic mass is 32.2. The molecule has 1 saturated heterocycles. The summed E-state index contributed by atoms with van der Waals surface area (Å²) in [5.41, 5.74) is 0.419. The third-order valence-electron chi connectivity index (χ3n) is 6.06. The minimum Gasteiger partial charge on any atom is -0.496 e. The molecule has 5 atom stereocenters. The standard InChI is InChI=1S/C23H34FNO6S/c1-13(2)25(5)22(28)14(3)20-21(27)15(4)32(23(20)29)12-19(31-10-9-26)17-11-16(24)7-8-18(17)30-6/h7-8,11,13-15,19-20,26,32H,9-10,12H2,1-6H3/t14-,15?,19+,20?/m1/s1. The summed E-state index contributed by atoms with van der Waals surface area (Å²) < 4.78 is 25.1. The molecule has 1 fully saturated rings. The van der Waals surface area contributed by atoms with Crippen LogP contribution in [0.1, 0.15) is 39.4 Å². The van der Waals surface area contributed by atoms with E-state index in [0.717, 1.165) is 0 Å². The van der Waals surface area contributed by atoms with Crippen LogP contribution >= 0.6 is 10.9 Å². The SMILES string of the molecule is COc1ccc(F)cc1[C@H](C[SH]1C(=O)C([C@@H](C)C(=O)N(C)C(C)C)C(=O)C1C)OCCO. The monoisotopic (exact) mass is 471 g/mol. The number of hydrogen-bond acceptors (Lipinski definition) is 6.